The third kappa shape index (κ3) is 4.36. The highest BCUT2D eigenvalue weighted by Gasteiger charge is 2.26. The van der Waals surface area contributed by atoms with Gasteiger partial charge in [0.25, 0.3) is 0 Å². The molecule has 0 spiro atoms. The normalized spacial score (nSPS) is 13.2. The van der Waals surface area contributed by atoms with Crippen LogP contribution in [0.1, 0.15) is 28.1 Å². The maximum atomic E-state index is 13.8. The number of amides is 2. The van der Waals surface area contributed by atoms with Crippen molar-refractivity contribution in [1.29, 1.82) is 0 Å². The van der Waals surface area contributed by atoms with Crippen LogP contribution < -0.4 is 5.32 Å². The molecule has 0 bridgehead atoms. The number of anilines is 1. The van der Waals surface area contributed by atoms with E-state index >= 15 is 0 Å². The van der Waals surface area contributed by atoms with Gasteiger partial charge in [-0.2, -0.15) is 5.10 Å². The average Bonchev–Trinajstić information content (AvgIpc) is 3.04. The SMILES string of the molecule is Cc1cccc(NC(=O)N2CCc3c(c(COCc4ccccc4F)nn3C)C2)c1. The van der Waals surface area contributed by atoms with Gasteiger partial charge in [0.15, 0.2) is 0 Å². The molecule has 7 heteroatoms. The van der Waals surface area contributed by atoms with Gasteiger partial charge in [0, 0.05) is 42.5 Å². The van der Waals surface area contributed by atoms with E-state index in [2.05, 4.69) is 10.4 Å². The summed E-state index contributed by atoms with van der Waals surface area (Å²) in [5.74, 6) is -0.278. The molecule has 4 rings (SSSR count). The van der Waals surface area contributed by atoms with E-state index in [4.69, 9.17) is 4.74 Å². The molecular weight excluding hydrogens is 383 g/mol. The largest absolute Gasteiger partial charge is 0.370 e. The third-order valence-corrected chi connectivity index (χ3v) is 5.34. The number of hydrogen-bond donors (Lipinski definition) is 1. The van der Waals surface area contributed by atoms with Crippen molar-refractivity contribution in [2.75, 3.05) is 11.9 Å². The molecule has 2 aromatic carbocycles. The van der Waals surface area contributed by atoms with E-state index in [0.29, 0.717) is 18.7 Å². The second-order valence-corrected chi connectivity index (χ2v) is 7.55. The zero-order chi connectivity index (χ0) is 21.1. The highest BCUT2D eigenvalue weighted by Crippen LogP contribution is 2.24. The van der Waals surface area contributed by atoms with Crippen molar-refractivity contribution in [3.63, 3.8) is 0 Å². The second-order valence-electron chi connectivity index (χ2n) is 7.55. The quantitative estimate of drug-likeness (QED) is 0.689. The highest BCUT2D eigenvalue weighted by atomic mass is 19.1. The van der Waals surface area contributed by atoms with Gasteiger partial charge in [0.05, 0.1) is 25.5 Å². The van der Waals surface area contributed by atoms with Crippen LogP contribution in [0.5, 0.6) is 0 Å². The zero-order valence-corrected chi connectivity index (χ0v) is 17.2. The van der Waals surface area contributed by atoms with Crippen molar-refractivity contribution in [2.24, 2.45) is 7.05 Å². The molecule has 1 aliphatic heterocycles. The van der Waals surface area contributed by atoms with E-state index in [1.165, 1.54) is 6.07 Å². The van der Waals surface area contributed by atoms with Crippen LogP contribution in [0.4, 0.5) is 14.9 Å². The minimum Gasteiger partial charge on any atom is -0.370 e. The lowest BCUT2D eigenvalue weighted by atomic mass is 10.1. The van der Waals surface area contributed by atoms with Gasteiger partial charge in [-0.3, -0.25) is 4.68 Å². The van der Waals surface area contributed by atoms with Gasteiger partial charge in [-0.15, -0.1) is 0 Å². The predicted molar refractivity (Wildman–Crippen MR) is 112 cm³/mol. The zero-order valence-electron chi connectivity index (χ0n) is 17.2. The molecule has 3 aromatic rings. The number of carbonyl (C=O) groups is 1. The Hall–Kier alpha value is -3.19. The Morgan fingerprint density at radius 3 is 2.83 bits per heavy atom. The predicted octanol–water partition coefficient (Wildman–Crippen LogP) is 4.17. The van der Waals surface area contributed by atoms with E-state index in [9.17, 15) is 9.18 Å². The Labute approximate surface area is 175 Å². The van der Waals surface area contributed by atoms with E-state index < -0.39 is 0 Å². The number of aryl methyl sites for hydroxylation is 2. The van der Waals surface area contributed by atoms with Crippen molar-refractivity contribution in [3.05, 3.63) is 82.4 Å². The van der Waals surface area contributed by atoms with E-state index in [1.54, 1.807) is 23.1 Å². The number of carbonyl (C=O) groups excluding carboxylic acids is 1. The van der Waals surface area contributed by atoms with Gasteiger partial charge in [-0.1, -0.05) is 30.3 Å². The van der Waals surface area contributed by atoms with Crippen LogP contribution in [-0.2, 0) is 38.0 Å². The number of hydrogen-bond acceptors (Lipinski definition) is 3. The second kappa shape index (κ2) is 8.67. The van der Waals surface area contributed by atoms with Crippen molar-refractivity contribution in [1.82, 2.24) is 14.7 Å². The number of rotatable bonds is 5. The molecule has 1 aromatic heterocycles. The molecular formula is C23H25FN4O2. The molecule has 0 aliphatic carbocycles. The topological polar surface area (TPSA) is 59.4 Å². The Balaban J connectivity index is 1.42. The van der Waals surface area contributed by atoms with Gasteiger partial charge in [0.2, 0.25) is 0 Å². The lowest BCUT2D eigenvalue weighted by molar-refractivity contribution is 0.101. The van der Waals surface area contributed by atoms with E-state index in [0.717, 1.165) is 34.6 Å². The fourth-order valence-electron chi connectivity index (χ4n) is 3.76. The molecule has 30 heavy (non-hydrogen) atoms. The lowest BCUT2D eigenvalue weighted by Crippen LogP contribution is -2.39. The Bertz CT molecular complexity index is 1060. The smallest absolute Gasteiger partial charge is 0.322 e. The number of aromatic nitrogens is 2. The molecule has 2 amide bonds. The molecule has 6 nitrogen and oxygen atoms in total. The average molecular weight is 408 g/mol. The summed E-state index contributed by atoms with van der Waals surface area (Å²) in [5.41, 5.74) is 5.30. The summed E-state index contributed by atoms with van der Waals surface area (Å²) in [4.78, 5) is 14.5. The summed E-state index contributed by atoms with van der Waals surface area (Å²) in [6, 6.07) is 14.2. The molecule has 1 N–H and O–H groups in total. The number of urea groups is 1. The van der Waals surface area contributed by atoms with E-state index in [-0.39, 0.29) is 25.1 Å². The van der Waals surface area contributed by atoms with Crippen LogP contribution in [0.3, 0.4) is 0 Å². The molecule has 0 saturated carbocycles. The monoisotopic (exact) mass is 408 g/mol. The number of fused-ring (bicyclic) bond motifs is 1. The molecule has 156 valence electrons. The van der Waals surface area contributed by atoms with Crippen LogP contribution in [0.15, 0.2) is 48.5 Å². The summed E-state index contributed by atoms with van der Waals surface area (Å²) in [6.07, 6.45) is 0.730. The summed E-state index contributed by atoms with van der Waals surface area (Å²) in [5, 5.41) is 7.54. The number of nitrogens with zero attached hydrogens (tertiary/aromatic N) is 3. The van der Waals surface area contributed by atoms with Gasteiger partial charge >= 0.3 is 6.03 Å². The number of ether oxygens (including phenoxy) is 1. The van der Waals surface area contributed by atoms with Crippen molar-refractivity contribution in [3.8, 4) is 0 Å². The summed E-state index contributed by atoms with van der Waals surface area (Å²) in [7, 11) is 1.90. The molecule has 0 radical (unpaired) electrons. The van der Waals surface area contributed by atoms with E-state index in [1.807, 2.05) is 42.9 Å². The Morgan fingerprint density at radius 2 is 2.03 bits per heavy atom. The van der Waals surface area contributed by atoms with Crippen molar-refractivity contribution >= 4 is 11.7 Å². The maximum Gasteiger partial charge on any atom is 0.322 e. The fourth-order valence-corrected chi connectivity index (χ4v) is 3.76. The van der Waals surface area contributed by atoms with Crippen LogP contribution in [0, 0.1) is 12.7 Å². The first-order valence-electron chi connectivity index (χ1n) is 9.98. The van der Waals surface area contributed by atoms with Crippen LogP contribution in [0.25, 0.3) is 0 Å². The first kappa shape index (κ1) is 20.1. The van der Waals surface area contributed by atoms with Crippen LogP contribution >= 0.6 is 0 Å². The summed E-state index contributed by atoms with van der Waals surface area (Å²) >= 11 is 0. The first-order chi connectivity index (χ1) is 14.5. The standard InChI is InChI=1S/C23H25FN4O2/c1-16-6-5-8-18(12-16)25-23(29)28-11-10-22-19(13-28)21(26-27(22)2)15-30-14-17-7-3-4-9-20(17)24/h3-9,12H,10-11,13-15H2,1-2H3,(H,25,29). The van der Waals surface area contributed by atoms with Gasteiger partial charge < -0.3 is 15.0 Å². The molecule has 1 aliphatic rings. The molecule has 0 unspecified atom stereocenters. The van der Waals surface area contributed by atoms with Gasteiger partial charge in [-0.05, 0) is 30.7 Å². The van der Waals surface area contributed by atoms with Crippen LogP contribution in [-0.4, -0.2) is 27.3 Å². The van der Waals surface area contributed by atoms with Gasteiger partial charge in [-0.25, -0.2) is 9.18 Å². The highest BCUT2D eigenvalue weighted by molar-refractivity contribution is 5.89. The summed E-state index contributed by atoms with van der Waals surface area (Å²) < 4.78 is 21.4. The molecule has 0 fully saturated rings. The Kier molecular flexibility index (Phi) is 5.81. The Morgan fingerprint density at radius 1 is 1.20 bits per heavy atom. The van der Waals surface area contributed by atoms with Gasteiger partial charge in [0.1, 0.15) is 5.82 Å². The maximum absolute atomic E-state index is 13.8. The number of nitrogens with one attached hydrogen (secondary N) is 1. The summed E-state index contributed by atoms with van der Waals surface area (Å²) in [6.45, 7) is 3.53. The third-order valence-electron chi connectivity index (χ3n) is 5.34. The van der Waals surface area contributed by atoms with Crippen molar-refractivity contribution < 1.29 is 13.9 Å². The first-order valence-corrected chi connectivity index (χ1v) is 9.98. The van der Waals surface area contributed by atoms with Crippen molar-refractivity contribution in [2.45, 2.75) is 33.1 Å². The minimum absolute atomic E-state index is 0.131. The lowest BCUT2D eigenvalue weighted by Gasteiger charge is -2.28. The molecule has 2 heterocycles. The molecule has 0 atom stereocenters. The fraction of sp³-hybridized carbons (Fsp3) is 0.304. The molecule has 0 saturated heterocycles. The van der Waals surface area contributed by atoms with Crippen LogP contribution in [0.2, 0.25) is 0 Å². The minimum atomic E-state index is -0.278. The number of halogens is 1. The number of benzene rings is 2.